The number of likely N-dealkylation sites (tertiary alicyclic amines) is 1. The van der Waals surface area contributed by atoms with Gasteiger partial charge in [-0.15, -0.1) is 0 Å². The summed E-state index contributed by atoms with van der Waals surface area (Å²) in [4.78, 5) is 14.3. The lowest BCUT2D eigenvalue weighted by Crippen LogP contribution is -2.33. The summed E-state index contributed by atoms with van der Waals surface area (Å²) in [5, 5.41) is 5.57. The molecule has 1 aromatic rings. The molecule has 0 aliphatic carbocycles. The normalized spacial score (nSPS) is 15.5. The molecule has 0 radical (unpaired) electrons. The van der Waals surface area contributed by atoms with Crippen LogP contribution in [0.1, 0.15) is 23.2 Å². The largest absolute Gasteiger partial charge is 0.385 e. The quantitative estimate of drug-likeness (QED) is 0.851. The average Bonchev–Trinajstić information content (AvgIpc) is 2.91. The van der Waals surface area contributed by atoms with Crippen molar-refractivity contribution in [2.24, 2.45) is 0 Å². The molecule has 19 heavy (non-hydrogen) atoms. The van der Waals surface area contributed by atoms with E-state index in [1.54, 1.807) is 19.2 Å². The van der Waals surface area contributed by atoms with Gasteiger partial charge in [-0.2, -0.15) is 0 Å². The lowest BCUT2D eigenvalue weighted by Gasteiger charge is -2.15. The first kappa shape index (κ1) is 13.8. The first-order valence-electron chi connectivity index (χ1n) is 6.69. The third kappa shape index (κ3) is 3.44. The Hall–Kier alpha value is -1.62. The Balaban J connectivity index is 1.90. The van der Waals surface area contributed by atoms with Crippen molar-refractivity contribution in [3.63, 3.8) is 0 Å². The van der Waals surface area contributed by atoms with E-state index >= 15 is 0 Å². The molecular formula is C14H20FN3O. The van der Waals surface area contributed by atoms with Gasteiger partial charge in [0.15, 0.2) is 0 Å². The Morgan fingerprint density at radius 3 is 2.79 bits per heavy atom. The lowest BCUT2D eigenvalue weighted by atomic mass is 10.1. The van der Waals surface area contributed by atoms with Gasteiger partial charge in [-0.05, 0) is 38.1 Å². The third-order valence-electron chi connectivity index (χ3n) is 3.42. The zero-order valence-corrected chi connectivity index (χ0v) is 11.2. The molecular weight excluding hydrogens is 245 g/mol. The van der Waals surface area contributed by atoms with Crippen LogP contribution in [0.2, 0.25) is 0 Å². The Labute approximate surface area is 113 Å². The molecule has 4 nitrogen and oxygen atoms in total. The van der Waals surface area contributed by atoms with Gasteiger partial charge in [0.2, 0.25) is 0 Å². The number of nitrogens with zero attached hydrogens (tertiary/aromatic N) is 1. The number of carbonyl (C=O) groups is 1. The number of amides is 1. The van der Waals surface area contributed by atoms with Gasteiger partial charge in [0.25, 0.3) is 5.91 Å². The molecule has 2 rings (SSSR count). The molecule has 0 aromatic heterocycles. The Morgan fingerprint density at radius 1 is 1.37 bits per heavy atom. The van der Waals surface area contributed by atoms with Crippen LogP contribution in [0.3, 0.4) is 0 Å². The van der Waals surface area contributed by atoms with E-state index < -0.39 is 5.82 Å². The molecule has 0 spiro atoms. The lowest BCUT2D eigenvalue weighted by molar-refractivity contribution is 0.0950. The van der Waals surface area contributed by atoms with Crippen LogP contribution in [0.4, 0.5) is 10.1 Å². The fourth-order valence-electron chi connectivity index (χ4n) is 2.40. The zero-order chi connectivity index (χ0) is 13.7. The van der Waals surface area contributed by atoms with Gasteiger partial charge in [-0.3, -0.25) is 4.79 Å². The summed E-state index contributed by atoms with van der Waals surface area (Å²) in [6.45, 7) is 3.67. The van der Waals surface area contributed by atoms with Crippen LogP contribution in [0.25, 0.3) is 0 Å². The summed E-state index contributed by atoms with van der Waals surface area (Å²) >= 11 is 0. The zero-order valence-electron chi connectivity index (χ0n) is 11.2. The summed E-state index contributed by atoms with van der Waals surface area (Å²) in [7, 11) is 1.61. The van der Waals surface area contributed by atoms with Crippen molar-refractivity contribution in [3.8, 4) is 0 Å². The van der Waals surface area contributed by atoms with Gasteiger partial charge in [0.1, 0.15) is 5.82 Å². The van der Waals surface area contributed by atoms with Gasteiger partial charge in [0, 0.05) is 20.1 Å². The maximum Gasteiger partial charge on any atom is 0.253 e. The van der Waals surface area contributed by atoms with Crippen molar-refractivity contribution in [2.45, 2.75) is 12.8 Å². The smallest absolute Gasteiger partial charge is 0.253 e. The van der Waals surface area contributed by atoms with E-state index in [1.165, 1.54) is 18.9 Å². The number of rotatable bonds is 5. The predicted molar refractivity (Wildman–Crippen MR) is 74.0 cm³/mol. The van der Waals surface area contributed by atoms with Gasteiger partial charge >= 0.3 is 0 Å². The van der Waals surface area contributed by atoms with E-state index in [0.29, 0.717) is 12.1 Å². The number of halogens is 1. The molecule has 5 heteroatoms. The summed E-state index contributed by atoms with van der Waals surface area (Å²) in [5.74, 6) is -0.641. The minimum Gasteiger partial charge on any atom is -0.385 e. The topological polar surface area (TPSA) is 44.4 Å². The molecule has 0 saturated carbocycles. The molecule has 1 aromatic carbocycles. The highest BCUT2D eigenvalue weighted by Gasteiger charge is 2.15. The Kier molecular flexibility index (Phi) is 4.74. The summed E-state index contributed by atoms with van der Waals surface area (Å²) in [5.41, 5.74) is 0.602. The van der Waals surface area contributed by atoms with Crippen molar-refractivity contribution in [1.29, 1.82) is 0 Å². The van der Waals surface area contributed by atoms with Crippen LogP contribution in [-0.2, 0) is 0 Å². The average molecular weight is 265 g/mol. The summed E-state index contributed by atoms with van der Waals surface area (Å²) < 4.78 is 13.5. The van der Waals surface area contributed by atoms with Gasteiger partial charge in [-0.25, -0.2) is 4.39 Å². The molecule has 0 bridgehead atoms. The molecule has 0 atom stereocenters. The molecule has 1 heterocycles. The van der Waals surface area contributed by atoms with Crippen LogP contribution in [-0.4, -0.2) is 44.0 Å². The van der Waals surface area contributed by atoms with E-state index in [4.69, 9.17) is 0 Å². The Bertz CT molecular complexity index is 444. The second kappa shape index (κ2) is 6.52. The van der Waals surface area contributed by atoms with E-state index in [9.17, 15) is 9.18 Å². The van der Waals surface area contributed by atoms with Gasteiger partial charge < -0.3 is 15.5 Å². The van der Waals surface area contributed by atoms with Crippen molar-refractivity contribution >= 4 is 11.6 Å². The number of carbonyl (C=O) groups excluding carboxylic acids is 1. The Morgan fingerprint density at radius 2 is 2.11 bits per heavy atom. The van der Waals surface area contributed by atoms with Crippen LogP contribution >= 0.6 is 0 Å². The van der Waals surface area contributed by atoms with Crippen molar-refractivity contribution in [3.05, 3.63) is 29.6 Å². The number of anilines is 1. The molecule has 2 N–H and O–H groups in total. The molecule has 1 amide bonds. The van der Waals surface area contributed by atoms with E-state index in [1.807, 2.05) is 0 Å². The fourth-order valence-corrected chi connectivity index (χ4v) is 2.40. The maximum absolute atomic E-state index is 13.5. The molecule has 104 valence electrons. The highest BCUT2D eigenvalue weighted by molar-refractivity contribution is 5.99. The second-order valence-electron chi connectivity index (χ2n) is 4.72. The number of nitrogens with one attached hydrogen (secondary N) is 2. The van der Waals surface area contributed by atoms with Crippen molar-refractivity contribution in [1.82, 2.24) is 10.2 Å². The molecule has 1 fully saturated rings. The van der Waals surface area contributed by atoms with E-state index in [2.05, 4.69) is 15.5 Å². The number of hydrogen-bond acceptors (Lipinski definition) is 3. The van der Waals surface area contributed by atoms with E-state index in [0.717, 1.165) is 19.6 Å². The van der Waals surface area contributed by atoms with Crippen LogP contribution < -0.4 is 10.6 Å². The number of para-hydroxylation sites is 1. The third-order valence-corrected chi connectivity index (χ3v) is 3.42. The predicted octanol–water partition coefficient (Wildman–Crippen LogP) is 1.69. The maximum atomic E-state index is 13.5. The van der Waals surface area contributed by atoms with Gasteiger partial charge in [-0.1, -0.05) is 6.07 Å². The highest BCUT2D eigenvalue weighted by Crippen LogP contribution is 2.18. The van der Waals surface area contributed by atoms with Crippen LogP contribution in [0.5, 0.6) is 0 Å². The monoisotopic (exact) mass is 265 g/mol. The molecule has 1 aliphatic rings. The van der Waals surface area contributed by atoms with Crippen LogP contribution in [0.15, 0.2) is 18.2 Å². The highest BCUT2D eigenvalue weighted by atomic mass is 19.1. The SMILES string of the molecule is CNc1c(F)cccc1C(=O)NCCN1CCCC1. The first-order chi connectivity index (χ1) is 9.22. The minimum absolute atomic E-state index is 0.233. The number of benzene rings is 1. The number of hydrogen-bond donors (Lipinski definition) is 2. The second-order valence-corrected chi connectivity index (χ2v) is 4.72. The van der Waals surface area contributed by atoms with E-state index in [-0.39, 0.29) is 11.6 Å². The first-order valence-corrected chi connectivity index (χ1v) is 6.69. The van der Waals surface area contributed by atoms with Crippen LogP contribution in [0, 0.1) is 5.82 Å². The van der Waals surface area contributed by atoms with Gasteiger partial charge in [0.05, 0.1) is 11.3 Å². The standard InChI is InChI=1S/C14H20FN3O/c1-16-13-11(5-4-6-12(13)15)14(19)17-7-10-18-8-2-3-9-18/h4-6,16H,2-3,7-10H2,1H3,(H,17,19). The molecule has 0 unspecified atom stereocenters. The van der Waals surface area contributed by atoms with Crippen molar-refractivity contribution in [2.75, 3.05) is 38.5 Å². The molecule has 1 saturated heterocycles. The minimum atomic E-state index is -0.408. The molecule has 1 aliphatic heterocycles. The fraction of sp³-hybridized carbons (Fsp3) is 0.500. The summed E-state index contributed by atoms with van der Waals surface area (Å²) in [6, 6.07) is 4.51. The summed E-state index contributed by atoms with van der Waals surface area (Å²) in [6.07, 6.45) is 2.48. The van der Waals surface area contributed by atoms with Crippen molar-refractivity contribution < 1.29 is 9.18 Å².